The van der Waals surface area contributed by atoms with Gasteiger partial charge in [0.1, 0.15) is 4.47 Å². The van der Waals surface area contributed by atoms with Crippen LogP contribution in [0.5, 0.6) is 0 Å². The van der Waals surface area contributed by atoms with Gasteiger partial charge in [-0.15, -0.1) is 0 Å². The summed E-state index contributed by atoms with van der Waals surface area (Å²) in [7, 11) is 0. The summed E-state index contributed by atoms with van der Waals surface area (Å²) < 4.78 is 1.88. The van der Waals surface area contributed by atoms with Gasteiger partial charge in [0.25, 0.3) is 0 Å². The summed E-state index contributed by atoms with van der Waals surface area (Å²) in [4.78, 5) is 10.3. The predicted octanol–water partition coefficient (Wildman–Crippen LogP) is 2.78. The zero-order chi connectivity index (χ0) is 14.0. The Labute approximate surface area is 117 Å². The summed E-state index contributed by atoms with van der Waals surface area (Å²) in [5.41, 5.74) is 1.97. The molecule has 0 saturated carbocycles. The van der Waals surface area contributed by atoms with Crippen LogP contribution in [0.4, 0.5) is 5.82 Å². The van der Waals surface area contributed by atoms with E-state index in [1.165, 1.54) is 4.68 Å². The normalized spacial score (nSPS) is 10.2. The van der Waals surface area contributed by atoms with Crippen molar-refractivity contribution in [3.63, 3.8) is 0 Å². The van der Waals surface area contributed by atoms with Crippen LogP contribution in [0, 0.1) is 28.4 Å². The molecule has 1 heterocycles. The highest BCUT2D eigenvalue weighted by molar-refractivity contribution is 9.10. The van der Waals surface area contributed by atoms with Crippen molar-refractivity contribution in [1.82, 2.24) is 9.78 Å². The van der Waals surface area contributed by atoms with Gasteiger partial charge in [0, 0.05) is 0 Å². The third kappa shape index (κ3) is 2.48. The molecule has 0 aliphatic rings. The lowest BCUT2D eigenvalue weighted by atomic mass is 10.1. The van der Waals surface area contributed by atoms with Gasteiger partial charge in [-0.1, -0.05) is 18.2 Å². The van der Waals surface area contributed by atoms with Gasteiger partial charge in [-0.3, -0.25) is 0 Å². The third-order valence-corrected chi connectivity index (χ3v) is 3.68. The summed E-state index contributed by atoms with van der Waals surface area (Å²) in [6.45, 7) is 2.06. The van der Waals surface area contributed by atoms with Gasteiger partial charge in [-0.2, -0.15) is 9.94 Å². The Bertz CT molecular complexity index is 688. The zero-order valence-corrected chi connectivity index (χ0v) is 11.6. The van der Waals surface area contributed by atoms with E-state index in [1.54, 1.807) is 25.1 Å². The molecule has 0 saturated heterocycles. The fourth-order valence-electron chi connectivity index (χ4n) is 1.71. The number of aromatic nitrogens is 2. The maximum Gasteiger partial charge on any atom is 0.404 e. The van der Waals surface area contributed by atoms with E-state index in [0.717, 1.165) is 5.56 Å². The van der Waals surface area contributed by atoms with Gasteiger partial charge in [0.15, 0.2) is 0 Å². The fraction of sp³-hybridized carbons (Fsp3) is 0.167. The number of nitriles is 1. The van der Waals surface area contributed by atoms with Crippen molar-refractivity contribution in [3.05, 3.63) is 55.7 Å². The summed E-state index contributed by atoms with van der Waals surface area (Å²) >= 11 is 3.16. The molecule has 0 aliphatic heterocycles. The molecule has 0 aliphatic carbocycles. The molecule has 0 bridgehead atoms. The molecular weight excluding hydrogens is 312 g/mol. The van der Waals surface area contributed by atoms with Crippen LogP contribution in [0.1, 0.15) is 16.8 Å². The van der Waals surface area contributed by atoms with E-state index in [-0.39, 0.29) is 5.82 Å². The number of benzene rings is 1. The van der Waals surface area contributed by atoms with Gasteiger partial charge >= 0.3 is 5.82 Å². The molecule has 96 valence electrons. The highest BCUT2D eigenvalue weighted by Crippen LogP contribution is 2.27. The Kier molecular flexibility index (Phi) is 3.62. The van der Waals surface area contributed by atoms with E-state index in [1.807, 2.05) is 6.07 Å². The van der Waals surface area contributed by atoms with Crippen LogP contribution in [-0.2, 0) is 6.54 Å². The molecule has 0 radical (unpaired) electrons. The molecule has 0 atom stereocenters. The quantitative estimate of drug-likeness (QED) is 0.642. The Morgan fingerprint density at radius 3 is 2.79 bits per heavy atom. The van der Waals surface area contributed by atoms with Crippen molar-refractivity contribution in [2.75, 3.05) is 0 Å². The van der Waals surface area contributed by atoms with E-state index in [4.69, 9.17) is 5.26 Å². The van der Waals surface area contributed by atoms with Crippen LogP contribution in [-0.4, -0.2) is 14.7 Å². The van der Waals surface area contributed by atoms with E-state index in [9.17, 15) is 10.1 Å². The van der Waals surface area contributed by atoms with Crippen LogP contribution < -0.4 is 0 Å². The van der Waals surface area contributed by atoms with Crippen molar-refractivity contribution in [1.29, 1.82) is 5.26 Å². The first-order valence-corrected chi connectivity index (χ1v) is 6.19. The van der Waals surface area contributed by atoms with E-state index in [2.05, 4.69) is 27.1 Å². The molecule has 0 fully saturated rings. The number of halogens is 1. The lowest BCUT2D eigenvalue weighted by molar-refractivity contribution is -0.390. The van der Waals surface area contributed by atoms with Crippen LogP contribution >= 0.6 is 15.9 Å². The topological polar surface area (TPSA) is 84.8 Å². The summed E-state index contributed by atoms with van der Waals surface area (Å²) in [6.07, 6.45) is 0. The van der Waals surface area contributed by atoms with Crippen molar-refractivity contribution in [2.45, 2.75) is 13.5 Å². The number of nitrogens with zero attached hydrogens (tertiary/aromatic N) is 4. The Morgan fingerprint density at radius 1 is 1.53 bits per heavy atom. The lowest BCUT2D eigenvalue weighted by Gasteiger charge is -2.02. The van der Waals surface area contributed by atoms with Crippen molar-refractivity contribution >= 4 is 21.7 Å². The summed E-state index contributed by atoms with van der Waals surface area (Å²) in [6, 6.07) is 9.20. The number of hydrogen-bond acceptors (Lipinski definition) is 4. The standard InChI is InChI=1S/C12H9BrN4O2/c1-8-11(13)12(17(18)19)15-16(8)7-10-5-3-2-4-9(10)6-14/h2-5H,7H2,1H3. The minimum Gasteiger partial charge on any atom is -0.358 e. The SMILES string of the molecule is Cc1c(Br)c([N+](=O)[O-])nn1Cc1ccccc1C#N. The largest absolute Gasteiger partial charge is 0.404 e. The predicted molar refractivity (Wildman–Crippen MR) is 71.6 cm³/mol. The number of hydrogen-bond donors (Lipinski definition) is 0. The van der Waals surface area contributed by atoms with Crippen molar-refractivity contribution in [3.8, 4) is 6.07 Å². The lowest BCUT2D eigenvalue weighted by Crippen LogP contribution is -2.05. The third-order valence-electron chi connectivity index (χ3n) is 2.75. The second-order valence-electron chi connectivity index (χ2n) is 3.91. The zero-order valence-electron chi connectivity index (χ0n) is 10.00. The van der Waals surface area contributed by atoms with E-state index in [0.29, 0.717) is 22.3 Å². The molecule has 1 aromatic carbocycles. The first kappa shape index (κ1) is 13.2. The van der Waals surface area contributed by atoms with Gasteiger partial charge in [0.05, 0.1) is 29.0 Å². The minimum absolute atomic E-state index is 0.216. The molecule has 2 aromatic rings. The minimum atomic E-state index is -0.538. The highest BCUT2D eigenvalue weighted by Gasteiger charge is 2.23. The summed E-state index contributed by atoms with van der Waals surface area (Å²) in [5.74, 6) is -0.216. The molecule has 0 amide bonds. The van der Waals surface area contributed by atoms with Gasteiger partial charge in [-0.25, -0.2) is 0 Å². The van der Waals surface area contributed by atoms with Crippen LogP contribution in [0.15, 0.2) is 28.7 Å². The molecule has 0 spiro atoms. The number of rotatable bonds is 3. The number of nitro groups is 1. The highest BCUT2D eigenvalue weighted by atomic mass is 79.9. The van der Waals surface area contributed by atoms with Crippen molar-refractivity contribution in [2.24, 2.45) is 0 Å². The van der Waals surface area contributed by atoms with Gasteiger partial charge in [-0.05, 0) is 39.4 Å². The van der Waals surface area contributed by atoms with Gasteiger partial charge in [0.2, 0.25) is 0 Å². The van der Waals surface area contributed by atoms with Gasteiger partial charge < -0.3 is 10.1 Å². The Morgan fingerprint density at radius 2 is 2.21 bits per heavy atom. The molecular formula is C12H9BrN4O2. The molecule has 1 aromatic heterocycles. The van der Waals surface area contributed by atoms with Crippen LogP contribution in [0.2, 0.25) is 0 Å². The molecule has 6 nitrogen and oxygen atoms in total. The maximum atomic E-state index is 10.8. The fourth-order valence-corrected chi connectivity index (χ4v) is 2.14. The Hall–Kier alpha value is -2.20. The molecule has 0 N–H and O–H groups in total. The second-order valence-corrected chi connectivity index (χ2v) is 4.70. The average Bonchev–Trinajstić information content (AvgIpc) is 2.68. The Balaban J connectivity index is 2.42. The summed E-state index contributed by atoms with van der Waals surface area (Å²) in [5, 5.41) is 23.8. The maximum absolute atomic E-state index is 10.8. The smallest absolute Gasteiger partial charge is 0.358 e. The monoisotopic (exact) mass is 320 g/mol. The first-order valence-electron chi connectivity index (χ1n) is 5.40. The molecule has 0 unspecified atom stereocenters. The second kappa shape index (κ2) is 5.20. The average molecular weight is 321 g/mol. The van der Waals surface area contributed by atoms with Crippen LogP contribution in [0.25, 0.3) is 0 Å². The van der Waals surface area contributed by atoms with Crippen LogP contribution in [0.3, 0.4) is 0 Å². The molecule has 19 heavy (non-hydrogen) atoms. The van der Waals surface area contributed by atoms with E-state index >= 15 is 0 Å². The molecule has 7 heteroatoms. The first-order chi connectivity index (χ1) is 9.04. The van der Waals surface area contributed by atoms with E-state index < -0.39 is 4.92 Å². The molecule has 2 rings (SSSR count). The van der Waals surface area contributed by atoms with Crippen molar-refractivity contribution < 1.29 is 4.92 Å².